The van der Waals surface area contributed by atoms with Gasteiger partial charge in [-0.1, -0.05) is 54.4 Å². The first kappa shape index (κ1) is 24.7. The number of halogens is 1. The highest BCUT2D eigenvalue weighted by Gasteiger charge is 2.39. The molecule has 2 aromatic rings. The first-order valence-corrected chi connectivity index (χ1v) is 13.1. The van der Waals surface area contributed by atoms with E-state index in [1.54, 1.807) is 0 Å². The molecule has 1 aliphatic heterocycles. The van der Waals surface area contributed by atoms with E-state index in [4.69, 9.17) is 21.2 Å². The molecule has 0 aromatic heterocycles. The molecule has 5 nitrogen and oxygen atoms in total. The summed E-state index contributed by atoms with van der Waals surface area (Å²) in [5.74, 6) is 1.05. The summed E-state index contributed by atoms with van der Waals surface area (Å²) < 4.78 is 20.6. The first-order chi connectivity index (χ1) is 15.1. The molecule has 1 saturated heterocycles. The number of ether oxygens (including phenoxy) is 1. The SMILES string of the molecule is O=[P+](O)OCCCNCc1ccc(SCCCCC2(c3ccccc3)COC2)c(Cl)c1. The molecule has 0 saturated carbocycles. The van der Waals surface area contributed by atoms with Crippen molar-refractivity contribution in [2.45, 2.75) is 42.5 Å². The van der Waals surface area contributed by atoms with Crippen LogP contribution in [0.15, 0.2) is 53.4 Å². The Morgan fingerprint density at radius 2 is 1.97 bits per heavy atom. The van der Waals surface area contributed by atoms with Crippen molar-refractivity contribution in [2.75, 3.05) is 32.1 Å². The summed E-state index contributed by atoms with van der Waals surface area (Å²) >= 11 is 8.29. The second kappa shape index (κ2) is 12.9. The van der Waals surface area contributed by atoms with Crippen molar-refractivity contribution >= 4 is 31.6 Å². The third-order valence-electron chi connectivity index (χ3n) is 5.48. The number of nitrogens with one attached hydrogen (secondary N) is 1. The summed E-state index contributed by atoms with van der Waals surface area (Å²) in [6, 6.07) is 16.9. The Labute approximate surface area is 194 Å². The number of unbranched alkanes of at least 4 members (excludes halogenated alkanes) is 1. The average Bonchev–Trinajstić information content (AvgIpc) is 2.73. The van der Waals surface area contributed by atoms with Crippen molar-refractivity contribution in [3.63, 3.8) is 0 Å². The molecule has 2 aromatic carbocycles. The minimum atomic E-state index is -2.50. The van der Waals surface area contributed by atoms with E-state index in [1.165, 1.54) is 12.0 Å². The summed E-state index contributed by atoms with van der Waals surface area (Å²) in [6.07, 6.45) is 4.18. The Bertz CT molecular complexity index is 836. The minimum absolute atomic E-state index is 0.208. The molecule has 1 heterocycles. The van der Waals surface area contributed by atoms with E-state index >= 15 is 0 Å². The number of rotatable bonds is 14. The molecule has 2 N–H and O–H groups in total. The molecule has 168 valence electrons. The van der Waals surface area contributed by atoms with Crippen LogP contribution in [0.25, 0.3) is 0 Å². The molecular formula is C23H30ClNO4PS+. The Balaban J connectivity index is 1.34. The lowest BCUT2D eigenvalue weighted by atomic mass is 9.75. The van der Waals surface area contributed by atoms with Gasteiger partial charge in [0.25, 0.3) is 0 Å². The zero-order chi connectivity index (χ0) is 21.9. The molecule has 0 amide bonds. The van der Waals surface area contributed by atoms with Crippen LogP contribution >= 0.6 is 31.6 Å². The predicted molar refractivity (Wildman–Crippen MR) is 127 cm³/mol. The van der Waals surface area contributed by atoms with Gasteiger partial charge in [-0.25, -0.2) is 0 Å². The van der Waals surface area contributed by atoms with E-state index in [0.29, 0.717) is 19.5 Å². The Morgan fingerprint density at radius 1 is 1.16 bits per heavy atom. The molecule has 3 rings (SSSR count). The van der Waals surface area contributed by atoms with Crippen molar-refractivity contribution in [3.8, 4) is 0 Å². The molecule has 0 bridgehead atoms. The van der Waals surface area contributed by atoms with Crippen LogP contribution in [0.1, 0.15) is 36.8 Å². The fourth-order valence-corrected chi connectivity index (χ4v) is 5.27. The first-order valence-electron chi connectivity index (χ1n) is 10.6. The van der Waals surface area contributed by atoms with Crippen molar-refractivity contribution in [1.82, 2.24) is 5.32 Å². The summed E-state index contributed by atoms with van der Waals surface area (Å²) in [4.78, 5) is 9.70. The predicted octanol–water partition coefficient (Wildman–Crippen LogP) is 5.72. The van der Waals surface area contributed by atoms with Gasteiger partial charge in [0.15, 0.2) is 0 Å². The van der Waals surface area contributed by atoms with Crippen LogP contribution in [-0.2, 0) is 25.8 Å². The highest BCUT2D eigenvalue weighted by Crippen LogP contribution is 2.37. The molecule has 0 aliphatic carbocycles. The van der Waals surface area contributed by atoms with Crippen LogP contribution in [0, 0.1) is 0 Å². The number of hydrogen-bond acceptors (Lipinski definition) is 5. The lowest BCUT2D eigenvalue weighted by Crippen LogP contribution is -2.46. The smallest absolute Gasteiger partial charge is 0.379 e. The van der Waals surface area contributed by atoms with Gasteiger partial charge >= 0.3 is 8.25 Å². The van der Waals surface area contributed by atoms with Crippen molar-refractivity contribution in [1.29, 1.82) is 0 Å². The minimum Gasteiger partial charge on any atom is -0.379 e. The number of thioether (sulfide) groups is 1. The quantitative estimate of drug-likeness (QED) is 0.204. The van der Waals surface area contributed by atoms with Gasteiger partial charge < -0.3 is 10.1 Å². The average molecular weight is 483 g/mol. The molecule has 1 aliphatic rings. The van der Waals surface area contributed by atoms with Crippen LogP contribution in [0.5, 0.6) is 0 Å². The van der Waals surface area contributed by atoms with Gasteiger partial charge in [0.1, 0.15) is 6.61 Å². The van der Waals surface area contributed by atoms with Gasteiger partial charge in [-0.15, -0.1) is 21.2 Å². The highest BCUT2D eigenvalue weighted by atomic mass is 35.5. The van der Waals surface area contributed by atoms with Crippen LogP contribution < -0.4 is 5.32 Å². The third-order valence-corrected chi connectivity index (χ3v) is 7.46. The second-order valence-electron chi connectivity index (χ2n) is 7.81. The van der Waals surface area contributed by atoms with Crippen LogP contribution in [-0.4, -0.2) is 37.0 Å². The lowest BCUT2D eigenvalue weighted by molar-refractivity contribution is -0.0652. The van der Waals surface area contributed by atoms with E-state index in [1.807, 2.05) is 17.8 Å². The van der Waals surface area contributed by atoms with Gasteiger partial charge in [-0.2, -0.15) is 0 Å². The number of benzene rings is 2. The maximum atomic E-state index is 10.4. The topological polar surface area (TPSA) is 67.8 Å². The van der Waals surface area contributed by atoms with Crippen LogP contribution in [0.3, 0.4) is 0 Å². The molecule has 0 spiro atoms. The molecule has 0 radical (unpaired) electrons. The van der Waals surface area contributed by atoms with Gasteiger partial charge in [-0.05, 0) is 54.8 Å². The standard InChI is InChI=1S/C23H29ClNO4PS/c24-21-15-19(16-25-12-6-13-29-30(26)27)9-10-22(21)31-14-5-4-11-23(17-28-18-23)20-7-2-1-3-8-20/h1-3,7-10,15,25H,4-6,11-14,16-18H2/p+1. The van der Waals surface area contributed by atoms with E-state index < -0.39 is 8.25 Å². The van der Waals surface area contributed by atoms with Crippen molar-refractivity contribution in [2.24, 2.45) is 0 Å². The van der Waals surface area contributed by atoms with Crippen molar-refractivity contribution in [3.05, 3.63) is 64.7 Å². The zero-order valence-electron chi connectivity index (χ0n) is 17.6. The molecular weight excluding hydrogens is 453 g/mol. The monoisotopic (exact) mass is 482 g/mol. The van der Waals surface area contributed by atoms with E-state index in [-0.39, 0.29) is 12.0 Å². The van der Waals surface area contributed by atoms with Crippen molar-refractivity contribution < 1.29 is 18.7 Å². The van der Waals surface area contributed by atoms with Crippen LogP contribution in [0.4, 0.5) is 0 Å². The summed E-state index contributed by atoms with van der Waals surface area (Å²) in [6.45, 7) is 3.36. The van der Waals surface area contributed by atoms with E-state index in [9.17, 15) is 4.57 Å². The lowest BCUT2D eigenvalue weighted by Gasteiger charge is -2.42. The Morgan fingerprint density at radius 3 is 2.65 bits per heavy atom. The van der Waals surface area contributed by atoms with Crippen LogP contribution in [0.2, 0.25) is 5.02 Å². The maximum Gasteiger partial charge on any atom is 0.694 e. The molecule has 31 heavy (non-hydrogen) atoms. The summed E-state index contributed by atoms with van der Waals surface area (Å²) in [5.41, 5.74) is 2.73. The fourth-order valence-electron chi connectivity index (χ4n) is 3.69. The van der Waals surface area contributed by atoms with Gasteiger partial charge in [-0.3, -0.25) is 0 Å². The second-order valence-corrected chi connectivity index (χ2v) is 10.1. The van der Waals surface area contributed by atoms with E-state index in [0.717, 1.165) is 47.3 Å². The maximum absolute atomic E-state index is 10.4. The molecule has 1 atom stereocenters. The van der Waals surface area contributed by atoms with Gasteiger partial charge in [0, 0.05) is 21.4 Å². The van der Waals surface area contributed by atoms with Gasteiger partial charge in [0.05, 0.1) is 18.2 Å². The molecule has 1 unspecified atom stereocenters. The normalized spacial score (nSPS) is 15.5. The number of hydrogen-bond donors (Lipinski definition) is 2. The molecule has 8 heteroatoms. The highest BCUT2D eigenvalue weighted by molar-refractivity contribution is 7.99. The molecule has 1 fully saturated rings. The third kappa shape index (κ3) is 7.83. The van der Waals surface area contributed by atoms with Gasteiger partial charge in [0.2, 0.25) is 0 Å². The van der Waals surface area contributed by atoms with E-state index in [2.05, 4.69) is 52.3 Å². The summed E-state index contributed by atoms with van der Waals surface area (Å²) in [7, 11) is -2.50. The Kier molecular flexibility index (Phi) is 10.3. The Hall–Kier alpha value is -0.980. The zero-order valence-corrected chi connectivity index (χ0v) is 20.1. The fraction of sp³-hybridized carbons (Fsp3) is 0.478. The largest absolute Gasteiger partial charge is 0.694 e. The summed E-state index contributed by atoms with van der Waals surface area (Å²) in [5, 5.41) is 4.08.